The molecule has 3 atom stereocenters. The van der Waals surface area contributed by atoms with Crippen LogP contribution in [0.1, 0.15) is 264 Å². The molecule has 0 fully saturated rings. The fraction of sp³-hybridized carbons (Fsp3) is 0.817. The molecule has 1 amide bonds. The van der Waals surface area contributed by atoms with Gasteiger partial charge in [-0.2, -0.15) is 0 Å². The van der Waals surface area contributed by atoms with Crippen LogP contribution in [0.3, 0.4) is 0 Å². The molecule has 0 radical (unpaired) electrons. The first-order chi connectivity index (χ1) is 33.5. The summed E-state index contributed by atoms with van der Waals surface area (Å²) in [6.07, 6.45) is 68.9. The molecule has 0 saturated carbocycles. The number of hydrogen-bond donors (Lipinski definition) is 2. The van der Waals surface area contributed by atoms with Crippen LogP contribution in [0.15, 0.2) is 60.8 Å². The lowest BCUT2D eigenvalue weighted by atomic mass is 10.0. The van der Waals surface area contributed by atoms with Gasteiger partial charge in [0.25, 0.3) is 7.82 Å². The van der Waals surface area contributed by atoms with E-state index in [1.165, 1.54) is 193 Å². The molecular formula is C60H113N2O6P. The molecule has 0 bridgehead atoms. The molecule has 9 heteroatoms. The zero-order valence-corrected chi connectivity index (χ0v) is 46.9. The first-order valence-electron chi connectivity index (χ1n) is 29.2. The van der Waals surface area contributed by atoms with Crippen molar-refractivity contribution in [2.45, 2.75) is 276 Å². The number of unbranched alkanes of at least 4 members (excludes halogenated alkanes) is 32. The van der Waals surface area contributed by atoms with Crippen LogP contribution in [0, 0.1) is 0 Å². The Kier molecular flexibility index (Phi) is 49.8. The van der Waals surface area contributed by atoms with Gasteiger partial charge in [0, 0.05) is 6.42 Å². The summed E-state index contributed by atoms with van der Waals surface area (Å²) in [5.41, 5.74) is 0. The SMILES string of the molecule is CCCCCCC/C=C\C/C=C\C/C=C\CCCCCCCCCCCCCCCCCCCCCCC(=O)NC(COP(=O)([O-])OCC[N+](C)(C)C)C(O)/C=C/CC/C=C/CCCCCCCC. The Morgan fingerprint density at radius 1 is 0.507 bits per heavy atom. The van der Waals surface area contributed by atoms with Gasteiger partial charge in [0.1, 0.15) is 13.2 Å². The Morgan fingerprint density at radius 3 is 1.28 bits per heavy atom. The topological polar surface area (TPSA) is 108 Å². The van der Waals surface area contributed by atoms with Crippen molar-refractivity contribution in [2.75, 3.05) is 40.9 Å². The van der Waals surface area contributed by atoms with Gasteiger partial charge in [-0.1, -0.05) is 248 Å². The molecule has 0 heterocycles. The molecule has 69 heavy (non-hydrogen) atoms. The van der Waals surface area contributed by atoms with Crippen LogP contribution in [0.25, 0.3) is 0 Å². The maximum Gasteiger partial charge on any atom is 0.268 e. The largest absolute Gasteiger partial charge is 0.756 e. The van der Waals surface area contributed by atoms with Crippen LogP contribution in [-0.4, -0.2) is 68.5 Å². The van der Waals surface area contributed by atoms with E-state index in [-0.39, 0.29) is 12.5 Å². The normalized spacial score (nSPS) is 14.4. The Balaban J connectivity index is 3.98. The Bertz CT molecular complexity index is 1310. The van der Waals surface area contributed by atoms with Crippen LogP contribution >= 0.6 is 7.82 Å². The molecule has 0 aromatic carbocycles. The highest BCUT2D eigenvalue weighted by molar-refractivity contribution is 7.45. The van der Waals surface area contributed by atoms with Gasteiger partial charge in [-0.3, -0.25) is 9.36 Å². The second kappa shape index (κ2) is 51.1. The summed E-state index contributed by atoms with van der Waals surface area (Å²) in [5, 5.41) is 13.8. The molecule has 0 aliphatic carbocycles. The van der Waals surface area contributed by atoms with Gasteiger partial charge >= 0.3 is 0 Å². The van der Waals surface area contributed by atoms with Crippen molar-refractivity contribution in [1.82, 2.24) is 5.32 Å². The van der Waals surface area contributed by atoms with Crippen molar-refractivity contribution >= 4 is 13.7 Å². The second-order valence-electron chi connectivity index (χ2n) is 21.0. The third-order valence-electron chi connectivity index (χ3n) is 12.9. The third kappa shape index (κ3) is 53.8. The van der Waals surface area contributed by atoms with Gasteiger partial charge in [0.2, 0.25) is 5.91 Å². The maximum atomic E-state index is 12.9. The van der Waals surface area contributed by atoms with Crippen LogP contribution in [0.2, 0.25) is 0 Å². The molecule has 8 nitrogen and oxygen atoms in total. The van der Waals surface area contributed by atoms with Gasteiger partial charge < -0.3 is 28.8 Å². The van der Waals surface area contributed by atoms with Crippen molar-refractivity contribution in [3.8, 4) is 0 Å². The fourth-order valence-electron chi connectivity index (χ4n) is 8.35. The van der Waals surface area contributed by atoms with Gasteiger partial charge in [-0.25, -0.2) is 0 Å². The second-order valence-corrected chi connectivity index (χ2v) is 22.4. The minimum absolute atomic E-state index is 0.00664. The predicted molar refractivity (Wildman–Crippen MR) is 297 cm³/mol. The van der Waals surface area contributed by atoms with Gasteiger partial charge in [-0.15, -0.1) is 0 Å². The minimum atomic E-state index is -4.60. The van der Waals surface area contributed by atoms with E-state index in [1.807, 2.05) is 27.2 Å². The number of carbonyl (C=O) groups excluding carboxylic acids is 1. The summed E-state index contributed by atoms with van der Waals surface area (Å²) in [7, 11) is 1.25. The number of amides is 1. The number of aliphatic hydroxyl groups is 1. The van der Waals surface area contributed by atoms with E-state index in [4.69, 9.17) is 9.05 Å². The first kappa shape index (κ1) is 67.2. The van der Waals surface area contributed by atoms with Crippen molar-refractivity contribution in [1.29, 1.82) is 0 Å². The summed E-state index contributed by atoms with van der Waals surface area (Å²) in [4.78, 5) is 25.4. The maximum absolute atomic E-state index is 12.9. The Morgan fingerprint density at radius 2 is 0.855 bits per heavy atom. The van der Waals surface area contributed by atoms with E-state index < -0.39 is 26.6 Å². The predicted octanol–water partition coefficient (Wildman–Crippen LogP) is 17.1. The lowest BCUT2D eigenvalue weighted by Crippen LogP contribution is -2.45. The summed E-state index contributed by atoms with van der Waals surface area (Å²) in [6.45, 7) is 4.61. The van der Waals surface area contributed by atoms with E-state index in [1.54, 1.807) is 6.08 Å². The van der Waals surface area contributed by atoms with Gasteiger partial charge in [-0.05, 0) is 70.6 Å². The zero-order chi connectivity index (χ0) is 50.6. The number of nitrogens with one attached hydrogen (secondary N) is 1. The van der Waals surface area contributed by atoms with Crippen molar-refractivity contribution in [3.63, 3.8) is 0 Å². The highest BCUT2D eigenvalue weighted by Crippen LogP contribution is 2.38. The van der Waals surface area contributed by atoms with Crippen LogP contribution < -0.4 is 10.2 Å². The molecule has 0 rings (SSSR count). The number of nitrogens with zero attached hydrogens (tertiary/aromatic N) is 1. The molecule has 0 aromatic heterocycles. The highest BCUT2D eigenvalue weighted by Gasteiger charge is 2.23. The highest BCUT2D eigenvalue weighted by atomic mass is 31.2. The number of likely N-dealkylation sites (N-methyl/N-ethyl adjacent to an activating group) is 1. The zero-order valence-electron chi connectivity index (χ0n) is 46.0. The molecule has 0 spiro atoms. The smallest absolute Gasteiger partial charge is 0.268 e. The lowest BCUT2D eigenvalue weighted by Gasteiger charge is -2.29. The molecule has 0 aromatic rings. The van der Waals surface area contributed by atoms with E-state index in [9.17, 15) is 19.4 Å². The molecule has 2 N–H and O–H groups in total. The van der Waals surface area contributed by atoms with Crippen molar-refractivity contribution in [2.24, 2.45) is 0 Å². The molecule has 3 unspecified atom stereocenters. The van der Waals surface area contributed by atoms with E-state index in [0.29, 0.717) is 17.4 Å². The number of allylic oxidation sites excluding steroid dienone is 9. The third-order valence-corrected chi connectivity index (χ3v) is 13.9. The number of rotatable bonds is 53. The molecule has 0 aliphatic rings. The molecule has 0 saturated heterocycles. The Hall–Kier alpha value is -1.80. The average molecular weight is 990 g/mol. The van der Waals surface area contributed by atoms with Crippen molar-refractivity contribution < 1.29 is 32.9 Å². The lowest BCUT2D eigenvalue weighted by molar-refractivity contribution is -0.870. The molecule has 0 aliphatic heterocycles. The number of phosphoric ester groups is 1. The Labute approximate surface area is 428 Å². The number of hydrogen-bond acceptors (Lipinski definition) is 6. The fourth-order valence-corrected chi connectivity index (χ4v) is 9.08. The monoisotopic (exact) mass is 989 g/mol. The quantitative estimate of drug-likeness (QED) is 0.0272. The standard InChI is InChI=1S/C60H113N2O6P/c1-6-8-10-12-14-16-18-20-21-22-23-24-25-26-27-28-29-30-31-32-33-34-35-36-37-38-39-40-41-42-44-46-48-50-52-54-60(64)61-58(57-68-69(65,66)67-56-55-62(3,4)5)59(63)53-51-49-47-45-43-19-17-15-13-11-9-7-2/h18,20,22-23,25-26,43,45,51,53,58-59,63H,6-17,19,21,24,27-42,44,46-50,52,54-57H2,1-5H3,(H-,61,64,65,66)/b20-18-,23-22-,26-25-,45-43+,53-51+. The number of aliphatic hydroxyl groups excluding tert-OH is 1. The van der Waals surface area contributed by atoms with E-state index in [2.05, 4.69) is 67.8 Å². The van der Waals surface area contributed by atoms with Gasteiger partial charge in [0.15, 0.2) is 0 Å². The van der Waals surface area contributed by atoms with Crippen LogP contribution in [-0.2, 0) is 18.4 Å². The van der Waals surface area contributed by atoms with E-state index >= 15 is 0 Å². The van der Waals surface area contributed by atoms with Crippen molar-refractivity contribution in [3.05, 3.63) is 60.8 Å². The number of carbonyl (C=O) groups is 1. The van der Waals surface area contributed by atoms with E-state index in [0.717, 1.165) is 51.4 Å². The minimum Gasteiger partial charge on any atom is -0.756 e. The average Bonchev–Trinajstić information content (AvgIpc) is 3.31. The van der Waals surface area contributed by atoms with Crippen LogP contribution in [0.5, 0.6) is 0 Å². The summed E-state index contributed by atoms with van der Waals surface area (Å²) >= 11 is 0. The molecular weight excluding hydrogens is 876 g/mol. The summed E-state index contributed by atoms with van der Waals surface area (Å²) in [6, 6.07) is -0.902. The summed E-state index contributed by atoms with van der Waals surface area (Å²) < 4.78 is 23.3. The molecule has 404 valence electrons. The number of quaternary nitrogens is 1. The van der Waals surface area contributed by atoms with Gasteiger partial charge in [0.05, 0.1) is 39.9 Å². The summed E-state index contributed by atoms with van der Waals surface area (Å²) in [5.74, 6) is -0.206. The van der Waals surface area contributed by atoms with Crippen LogP contribution in [0.4, 0.5) is 0 Å². The first-order valence-corrected chi connectivity index (χ1v) is 30.6. The number of phosphoric acid groups is 1.